The number of carbonyl (C=O) groups is 1. The zero-order valence-electron chi connectivity index (χ0n) is 18.4. The van der Waals surface area contributed by atoms with Crippen molar-refractivity contribution in [2.45, 2.75) is 63.6 Å². The first-order valence-electron chi connectivity index (χ1n) is 11.5. The molecule has 5 heteroatoms. The third kappa shape index (κ3) is 5.45. The molecule has 0 bridgehead atoms. The number of amides is 1. The first-order chi connectivity index (χ1) is 15.1. The highest BCUT2D eigenvalue weighted by molar-refractivity contribution is 5.68. The average Bonchev–Trinajstić information content (AvgIpc) is 3.34. The number of ether oxygens (including phenoxy) is 1. The predicted octanol–water partition coefficient (Wildman–Crippen LogP) is 5.72. The second-order valence-electron chi connectivity index (χ2n) is 8.91. The van der Waals surface area contributed by atoms with Crippen LogP contribution in [0.25, 0.3) is 0 Å². The summed E-state index contributed by atoms with van der Waals surface area (Å²) in [6.07, 6.45) is 6.49. The van der Waals surface area contributed by atoms with Gasteiger partial charge in [-0.3, -0.25) is 4.90 Å². The summed E-state index contributed by atoms with van der Waals surface area (Å²) in [5, 5.41) is 0. The van der Waals surface area contributed by atoms with Crippen LogP contribution in [0.3, 0.4) is 0 Å². The number of hydrogen-bond acceptors (Lipinski definition) is 3. The molecule has 0 unspecified atom stereocenters. The number of nitrogens with zero attached hydrogens (tertiary/aromatic N) is 2. The molecule has 0 aromatic heterocycles. The molecule has 1 amide bonds. The van der Waals surface area contributed by atoms with Crippen molar-refractivity contribution in [2.24, 2.45) is 0 Å². The van der Waals surface area contributed by atoms with Crippen LogP contribution in [-0.4, -0.2) is 42.1 Å². The highest BCUT2D eigenvalue weighted by Crippen LogP contribution is 2.33. The van der Waals surface area contributed by atoms with E-state index >= 15 is 0 Å². The van der Waals surface area contributed by atoms with E-state index in [2.05, 4.69) is 29.2 Å². The van der Waals surface area contributed by atoms with Crippen molar-refractivity contribution >= 4 is 6.09 Å². The highest BCUT2D eigenvalue weighted by Gasteiger charge is 2.29. The first-order valence-corrected chi connectivity index (χ1v) is 11.5. The van der Waals surface area contributed by atoms with Gasteiger partial charge in [0, 0.05) is 19.1 Å². The maximum Gasteiger partial charge on any atom is 0.410 e. The van der Waals surface area contributed by atoms with Gasteiger partial charge in [0.2, 0.25) is 0 Å². The van der Waals surface area contributed by atoms with Gasteiger partial charge in [-0.2, -0.15) is 0 Å². The molecule has 1 saturated carbocycles. The second-order valence-corrected chi connectivity index (χ2v) is 8.91. The van der Waals surface area contributed by atoms with Crippen LogP contribution in [0.1, 0.15) is 61.1 Å². The summed E-state index contributed by atoms with van der Waals surface area (Å²) < 4.78 is 18.3. The van der Waals surface area contributed by atoms with Gasteiger partial charge in [0.15, 0.2) is 0 Å². The highest BCUT2D eigenvalue weighted by atomic mass is 19.1. The van der Waals surface area contributed by atoms with Gasteiger partial charge in [-0.15, -0.1) is 0 Å². The number of methoxy groups -OCH3 is 1. The van der Waals surface area contributed by atoms with Crippen LogP contribution in [0.4, 0.5) is 9.18 Å². The topological polar surface area (TPSA) is 32.8 Å². The van der Waals surface area contributed by atoms with Crippen molar-refractivity contribution in [3.05, 3.63) is 71.0 Å². The molecular weight excluding hydrogens is 391 g/mol. The molecule has 1 saturated heterocycles. The molecule has 2 aromatic carbocycles. The number of piperidine rings is 1. The molecule has 4 nitrogen and oxygen atoms in total. The summed E-state index contributed by atoms with van der Waals surface area (Å²) in [5.74, 6) is 0.321. The molecule has 0 atom stereocenters. The van der Waals surface area contributed by atoms with Gasteiger partial charge in [0.1, 0.15) is 5.82 Å². The number of hydrogen-bond donors (Lipinski definition) is 0. The maximum absolute atomic E-state index is 13.2. The van der Waals surface area contributed by atoms with E-state index in [1.54, 1.807) is 0 Å². The van der Waals surface area contributed by atoms with Gasteiger partial charge in [0.25, 0.3) is 0 Å². The van der Waals surface area contributed by atoms with Gasteiger partial charge in [-0.05, 0) is 73.5 Å². The van der Waals surface area contributed by atoms with E-state index in [9.17, 15) is 9.18 Å². The van der Waals surface area contributed by atoms with Gasteiger partial charge >= 0.3 is 6.09 Å². The molecule has 31 heavy (non-hydrogen) atoms. The molecule has 0 spiro atoms. The SMILES string of the molecule is COC(=O)N(Cc1ccccc1C1CCN(Cc2ccc(F)cc2)CC1)C1CCCC1. The van der Waals surface area contributed by atoms with Crippen LogP contribution >= 0.6 is 0 Å². The van der Waals surface area contributed by atoms with Crippen LogP contribution in [0.5, 0.6) is 0 Å². The maximum atomic E-state index is 13.2. The Morgan fingerprint density at radius 2 is 1.71 bits per heavy atom. The smallest absolute Gasteiger partial charge is 0.410 e. The van der Waals surface area contributed by atoms with E-state index in [0.717, 1.165) is 50.9 Å². The molecule has 1 aliphatic carbocycles. The Bertz CT molecular complexity index is 856. The standard InChI is InChI=1S/C26H33FN2O2/c1-31-26(30)29(24-7-3-4-8-24)19-22-6-2-5-9-25(22)21-14-16-28(17-15-21)18-20-10-12-23(27)13-11-20/h2,5-6,9-13,21,24H,3-4,7-8,14-19H2,1H3. The molecule has 166 valence electrons. The van der Waals surface area contributed by atoms with Crippen LogP contribution in [0.2, 0.25) is 0 Å². The minimum Gasteiger partial charge on any atom is -0.453 e. The number of halogens is 1. The third-order valence-electron chi connectivity index (χ3n) is 6.92. The Kier molecular flexibility index (Phi) is 7.23. The molecule has 1 heterocycles. The Morgan fingerprint density at radius 3 is 2.39 bits per heavy atom. The van der Waals surface area contributed by atoms with Crippen LogP contribution in [0, 0.1) is 5.82 Å². The van der Waals surface area contributed by atoms with E-state index in [4.69, 9.17) is 4.74 Å². The lowest BCUT2D eigenvalue weighted by Gasteiger charge is -2.34. The van der Waals surface area contributed by atoms with Crippen molar-refractivity contribution < 1.29 is 13.9 Å². The fourth-order valence-corrected chi connectivity index (χ4v) is 5.19. The van der Waals surface area contributed by atoms with E-state index in [0.29, 0.717) is 12.5 Å². The fraction of sp³-hybridized carbons (Fsp3) is 0.500. The van der Waals surface area contributed by atoms with E-state index in [-0.39, 0.29) is 18.0 Å². The van der Waals surface area contributed by atoms with E-state index < -0.39 is 0 Å². The summed E-state index contributed by atoms with van der Waals surface area (Å²) >= 11 is 0. The lowest BCUT2D eigenvalue weighted by atomic mass is 9.86. The Morgan fingerprint density at radius 1 is 1.03 bits per heavy atom. The molecule has 0 N–H and O–H groups in total. The van der Waals surface area contributed by atoms with Crippen LogP contribution in [0.15, 0.2) is 48.5 Å². The zero-order valence-corrected chi connectivity index (χ0v) is 18.4. The number of carbonyl (C=O) groups excluding carboxylic acids is 1. The number of rotatable bonds is 6. The summed E-state index contributed by atoms with van der Waals surface area (Å²) in [5.41, 5.74) is 3.78. The molecule has 2 aromatic rings. The Balaban J connectivity index is 1.41. The van der Waals surface area contributed by atoms with Crippen molar-refractivity contribution in [2.75, 3.05) is 20.2 Å². The van der Waals surface area contributed by atoms with E-state index in [1.165, 1.54) is 43.2 Å². The number of likely N-dealkylation sites (tertiary alicyclic amines) is 1. The van der Waals surface area contributed by atoms with Crippen molar-refractivity contribution in [3.8, 4) is 0 Å². The van der Waals surface area contributed by atoms with Crippen molar-refractivity contribution in [1.82, 2.24) is 9.80 Å². The summed E-state index contributed by atoms with van der Waals surface area (Å²) in [6.45, 7) is 3.55. The molecule has 0 radical (unpaired) electrons. The monoisotopic (exact) mass is 424 g/mol. The van der Waals surface area contributed by atoms with Gasteiger partial charge in [-0.1, -0.05) is 49.2 Å². The van der Waals surface area contributed by atoms with Crippen LogP contribution < -0.4 is 0 Å². The Labute approximate surface area is 185 Å². The largest absolute Gasteiger partial charge is 0.453 e. The van der Waals surface area contributed by atoms with Crippen LogP contribution in [-0.2, 0) is 17.8 Å². The second kappa shape index (κ2) is 10.3. The third-order valence-corrected chi connectivity index (χ3v) is 6.92. The molecule has 4 rings (SSSR count). The summed E-state index contributed by atoms with van der Waals surface area (Å²) in [6, 6.07) is 15.7. The molecule has 2 fully saturated rings. The minimum atomic E-state index is -0.212. The zero-order chi connectivity index (χ0) is 21.6. The van der Waals surface area contributed by atoms with Gasteiger partial charge in [0.05, 0.1) is 7.11 Å². The number of benzene rings is 2. The lowest BCUT2D eigenvalue weighted by molar-refractivity contribution is 0.102. The van der Waals surface area contributed by atoms with Gasteiger partial charge < -0.3 is 9.64 Å². The first kappa shape index (κ1) is 21.8. The molecule has 1 aliphatic heterocycles. The predicted molar refractivity (Wildman–Crippen MR) is 120 cm³/mol. The fourth-order valence-electron chi connectivity index (χ4n) is 5.19. The Hall–Kier alpha value is -2.40. The molecule has 2 aliphatic rings. The van der Waals surface area contributed by atoms with Crippen molar-refractivity contribution in [1.29, 1.82) is 0 Å². The quantitative estimate of drug-likeness (QED) is 0.595. The summed E-state index contributed by atoms with van der Waals surface area (Å²) in [7, 11) is 1.48. The van der Waals surface area contributed by atoms with Crippen molar-refractivity contribution in [3.63, 3.8) is 0 Å². The average molecular weight is 425 g/mol. The van der Waals surface area contributed by atoms with E-state index in [1.807, 2.05) is 17.0 Å². The lowest BCUT2D eigenvalue weighted by Crippen LogP contribution is -2.38. The normalized spacial score (nSPS) is 18.3. The minimum absolute atomic E-state index is 0.183. The van der Waals surface area contributed by atoms with Gasteiger partial charge in [-0.25, -0.2) is 9.18 Å². The summed E-state index contributed by atoms with van der Waals surface area (Å²) in [4.78, 5) is 16.9. The molecular formula is C26H33FN2O2.